The minimum atomic E-state index is -0.207. The molecule has 7 heteroatoms. The molecule has 0 saturated carbocycles. The van der Waals surface area contributed by atoms with Crippen LogP contribution in [0.2, 0.25) is 0 Å². The van der Waals surface area contributed by atoms with E-state index in [0.717, 1.165) is 12.2 Å². The standard InChI is InChI=1S/C19H26N4O3/c1-11-16(25)13(12(10-24)7-20-11)8-23-6-5-15-14(9-23)17(26)22-18(21-15)19(2,3)4/h7,24-25H,5-6,8-10H2,1-4H3,(H,21,22,26). The molecular weight excluding hydrogens is 332 g/mol. The molecule has 140 valence electrons. The van der Waals surface area contributed by atoms with Gasteiger partial charge in [-0.25, -0.2) is 4.98 Å². The van der Waals surface area contributed by atoms with Crippen molar-refractivity contribution in [2.75, 3.05) is 6.54 Å². The average molecular weight is 358 g/mol. The number of H-pyrrole nitrogens is 1. The summed E-state index contributed by atoms with van der Waals surface area (Å²) in [6, 6.07) is 0. The Kier molecular flexibility index (Phi) is 4.86. The van der Waals surface area contributed by atoms with Gasteiger partial charge >= 0.3 is 0 Å². The van der Waals surface area contributed by atoms with Crippen molar-refractivity contribution in [3.05, 3.63) is 50.5 Å². The first-order chi connectivity index (χ1) is 12.2. The fraction of sp³-hybridized carbons (Fsp3) is 0.526. The summed E-state index contributed by atoms with van der Waals surface area (Å²) in [6.45, 7) is 9.27. The first-order valence-corrected chi connectivity index (χ1v) is 8.82. The van der Waals surface area contributed by atoms with Crippen molar-refractivity contribution < 1.29 is 10.2 Å². The number of pyridine rings is 1. The number of fused-ring (bicyclic) bond motifs is 1. The van der Waals surface area contributed by atoms with E-state index in [1.165, 1.54) is 0 Å². The van der Waals surface area contributed by atoms with Gasteiger partial charge in [0, 0.05) is 48.8 Å². The molecule has 26 heavy (non-hydrogen) atoms. The Balaban J connectivity index is 1.89. The summed E-state index contributed by atoms with van der Waals surface area (Å²) in [4.78, 5) is 26.3. The molecule has 0 unspecified atom stereocenters. The molecule has 0 bridgehead atoms. The lowest BCUT2D eigenvalue weighted by atomic mass is 9.94. The number of nitrogens with zero attached hydrogens (tertiary/aromatic N) is 3. The van der Waals surface area contributed by atoms with E-state index >= 15 is 0 Å². The summed E-state index contributed by atoms with van der Waals surface area (Å²) in [5.74, 6) is 0.817. The fourth-order valence-electron chi connectivity index (χ4n) is 3.19. The third kappa shape index (κ3) is 3.50. The molecule has 2 aromatic rings. The van der Waals surface area contributed by atoms with Crippen LogP contribution >= 0.6 is 0 Å². The van der Waals surface area contributed by atoms with E-state index in [1.807, 2.05) is 20.8 Å². The van der Waals surface area contributed by atoms with Crippen molar-refractivity contribution >= 4 is 0 Å². The van der Waals surface area contributed by atoms with Crippen molar-refractivity contribution in [3.63, 3.8) is 0 Å². The Morgan fingerprint density at radius 3 is 2.73 bits per heavy atom. The molecule has 7 nitrogen and oxygen atoms in total. The largest absolute Gasteiger partial charge is 0.506 e. The maximum Gasteiger partial charge on any atom is 0.255 e. The zero-order valence-electron chi connectivity index (χ0n) is 15.8. The van der Waals surface area contributed by atoms with E-state index in [1.54, 1.807) is 13.1 Å². The van der Waals surface area contributed by atoms with Gasteiger partial charge < -0.3 is 15.2 Å². The highest BCUT2D eigenvalue weighted by molar-refractivity contribution is 5.40. The minimum Gasteiger partial charge on any atom is -0.506 e. The van der Waals surface area contributed by atoms with E-state index in [0.29, 0.717) is 47.7 Å². The lowest BCUT2D eigenvalue weighted by Crippen LogP contribution is -2.37. The molecule has 0 saturated heterocycles. The van der Waals surface area contributed by atoms with Gasteiger partial charge in [-0.05, 0) is 6.92 Å². The van der Waals surface area contributed by atoms with E-state index in [-0.39, 0.29) is 23.3 Å². The first-order valence-electron chi connectivity index (χ1n) is 8.82. The van der Waals surface area contributed by atoms with E-state index < -0.39 is 0 Å². The number of aromatic hydroxyl groups is 1. The van der Waals surface area contributed by atoms with Crippen LogP contribution in [0.25, 0.3) is 0 Å². The molecule has 1 aliphatic heterocycles. The Bertz CT molecular complexity index is 884. The van der Waals surface area contributed by atoms with Gasteiger partial charge in [-0.15, -0.1) is 0 Å². The van der Waals surface area contributed by atoms with Crippen molar-refractivity contribution in [2.24, 2.45) is 0 Å². The molecule has 0 amide bonds. The normalized spacial score (nSPS) is 15.1. The van der Waals surface area contributed by atoms with Gasteiger partial charge in [0.15, 0.2) is 0 Å². The Morgan fingerprint density at radius 1 is 1.35 bits per heavy atom. The van der Waals surface area contributed by atoms with Gasteiger partial charge in [-0.2, -0.15) is 0 Å². The van der Waals surface area contributed by atoms with Gasteiger partial charge in [-0.1, -0.05) is 20.8 Å². The zero-order chi connectivity index (χ0) is 19.1. The smallest absolute Gasteiger partial charge is 0.255 e. The van der Waals surface area contributed by atoms with Crippen molar-refractivity contribution in [2.45, 2.75) is 59.2 Å². The highest BCUT2D eigenvalue weighted by Crippen LogP contribution is 2.27. The summed E-state index contributed by atoms with van der Waals surface area (Å²) in [5.41, 5.74) is 3.04. The molecule has 0 fully saturated rings. The second-order valence-electron chi connectivity index (χ2n) is 7.90. The van der Waals surface area contributed by atoms with Crippen LogP contribution in [0, 0.1) is 6.92 Å². The molecule has 1 aliphatic rings. The molecule has 3 rings (SSSR count). The number of aliphatic hydroxyl groups is 1. The summed E-state index contributed by atoms with van der Waals surface area (Å²) in [6.07, 6.45) is 2.27. The second kappa shape index (κ2) is 6.81. The number of rotatable bonds is 3. The third-order valence-corrected chi connectivity index (χ3v) is 4.84. The number of aromatic nitrogens is 3. The highest BCUT2D eigenvalue weighted by Gasteiger charge is 2.26. The zero-order valence-corrected chi connectivity index (χ0v) is 15.8. The lowest BCUT2D eigenvalue weighted by Gasteiger charge is -2.29. The predicted octanol–water partition coefficient (Wildman–Crippen LogP) is 1.53. The van der Waals surface area contributed by atoms with Gasteiger partial charge in [0.2, 0.25) is 0 Å². The van der Waals surface area contributed by atoms with Crippen molar-refractivity contribution in [1.82, 2.24) is 19.9 Å². The SMILES string of the molecule is Cc1ncc(CO)c(CN2CCc3nc(C(C)(C)C)[nH]c(=O)c3C2)c1O. The molecule has 0 aliphatic carbocycles. The Morgan fingerprint density at radius 2 is 2.08 bits per heavy atom. The number of aryl methyl sites for hydroxylation is 1. The van der Waals surface area contributed by atoms with E-state index in [4.69, 9.17) is 0 Å². The maximum atomic E-state index is 12.6. The molecule has 2 aromatic heterocycles. The van der Waals surface area contributed by atoms with Gasteiger partial charge in [0.1, 0.15) is 11.6 Å². The molecule has 3 heterocycles. The number of hydrogen-bond acceptors (Lipinski definition) is 6. The molecular formula is C19H26N4O3. The fourth-order valence-corrected chi connectivity index (χ4v) is 3.19. The second-order valence-corrected chi connectivity index (χ2v) is 7.90. The lowest BCUT2D eigenvalue weighted by molar-refractivity contribution is 0.231. The van der Waals surface area contributed by atoms with Crippen molar-refractivity contribution in [1.29, 1.82) is 0 Å². The van der Waals surface area contributed by atoms with Crippen molar-refractivity contribution in [3.8, 4) is 5.75 Å². The van der Waals surface area contributed by atoms with Crippen LogP contribution in [0.1, 0.15) is 54.7 Å². The molecule has 0 radical (unpaired) electrons. The summed E-state index contributed by atoms with van der Waals surface area (Å²) >= 11 is 0. The number of nitrogens with one attached hydrogen (secondary N) is 1. The van der Waals surface area contributed by atoms with E-state index in [2.05, 4.69) is 19.9 Å². The highest BCUT2D eigenvalue weighted by atomic mass is 16.3. The summed E-state index contributed by atoms with van der Waals surface area (Å²) in [5, 5.41) is 19.9. The van der Waals surface area contributed by atoms with Crippen LogP contribution in [-0.4, -0.2) is 36.6 Å². The summed E-state index contributed by atoms with van der Waals surface area (Å²) in [7, 11) is 0. The van der Waals surface area contributed by atoms with Crippen LogP contribution in [0.15, 0.2) is 11.0 Å². The van der Waals surface area contributed by atoms with Crippen LogP contribution < -0.4 is 5.56 Å². The molecule has 0 spiro atoms. The van der Waals surface area contributed by atoms with Gasteiger partial charge in [-0.3, -0.25) is 14.7 Å². The topological polar surface area (TPSA) is 102 Å². The Hall–Kier alpha value is -2.25. The van der Waals surface area contributed by atoms with Crippen LogP contribution in [-0.2, 0) is 31.5 Å². The Labute approximate surface area is 152 Å². The number of aromatic amines is 1. The predicted molar refractivity (Wildman–Crippen MR) is 97.9 cm³/mol. The van der Waals surface area contributed by atoms with Gasteiger partial charge in [0.05, 0.1) is 23.6 Å². The molecule has 3 N–H and O–H groups in total. The van der Waals surface area contributed by atoms with Crippen LogP contribution in [0.3, 0.4) is 0 Å². The van der Waals surface area contributed by atoms with Crippen LogP contribution in [0.5, 0.6) is 5.75 Å². The van der Waals surface area contributed by atoms with Crippen LogP contribution in [0.4, 0.5) is 0 Å². The average Bonchev–Trinajstić information content (AvgIpc) is 2.58. The first kappa shape index (κ1) is 18.5. The quantitative estimate of drug-likeness (QED) is 0.769. The maximum absolute atomic E-state index is 12.6. The monoisotopic (exact) mass is 358 g/mol. The molecule has 0 aromatic carbocycles. The number of hydrogen-bond donors (Lipinski definition) is 3. The van der Waals surface area contributed by atoms with Gasteiger partial charge in [0.25, 0.3) is 5.56 Å². The third-order valence-electron chi connectivity index (χ3n) is 4.84. The summed E-state index contributed by atoms with van der Waals surface area (Å²) < 4.78 is 0. The minimum absolute atomic E-state index is 0.0952. The molecule has 0 atom stereocenters. The van der Waals surface area contributed by atoms with E-state index in [9.17, 15) is 15.0 Å². The number of aliphatic hydroxyl groups excluding tert-OH is 1.